The molecule has 3 heterocycles. The third-order valence-electron chi connectivity index (χ3n) is 4.18. The van der Waals surface area contributed by atoms with E-state index in [1.807, 2.05) is 31.4 Å². The first-order chi connectivity index (χ1) is 11.1. The molecule has 0 radical (unpaired) electrons. The van der Waals surface area contributed by atoms with Crippen LogP contribution in [0.2, 0.25) is 0 Å². The van der Waals surface area contributed by atoms with E-state index < -0.39 is 0 Å². The molecule has 7 nitrogen and oxygen atoms in total. The predicted octanol–water partition coefficient (Wildman–Crippen LogP) is 1.98. The summed E-state index contributed by atoms with van der Waals surface area (Å²) in [6.45, 7) is 8.26. The minimum Gasteiger partial charge on any atom is -0.456 e. The topological polar surface area (TPSA) is 73.4 Å². The normalized spacial score (nSPS) is 18.4. The molecule has 1 aliphatic rings. The summed E-state index contributed by atoms with van der Waals surface area (Å²) in [7, 11) is 0. The van der Waals surface area contributed by atoms with Crippen LogP contribution < -0.4 is 0 Å². The lowest BCUT2D eigenvalue weighted by Gasteiger charge is -2.31. The number of carbonyl (C=O) groups excluding carboxylic acids is 1. The molecule has 0 spiro atoms. The fraction of sp³-hybridized carbons (Fsp3) is 0.562. The Hall–Kier alpha value is -2.15. The summed E-state index contributed by atoms with van der Waals surface area (Å²) in [5, 5.41) is 8.07. The summed E-state index contributed by atoms with van der Waals surface area (Å²) in [5.74, 6) is 1.93. The van der Waals surface area contributed by atoms with Gasteiger partial charge < -0.3 is 18.6 Å². The summed E-state index contributed by atoms with van der Waals surface area (Å²) in [5.41, 5.74) is 1.02. The van der Waals surface area contributed by atoms with Gasteiger partial charge in [-0.3, -0.25) is 4.79 Å². The maximum atomic E-state index is 12.7. The Kier molecular flexibility index (Phi) is 4.47. The molecule has 0 saturated carbocycles. The maximum absolute atomic E-state index is 12.7. The van der Waals surface area contributed by atoms with Crippen molar-refractivity contribution in [2.75, 3.05) is 19.7 Å². The van der Waals surface area contributed by atoms with Gasteiger partial charge in [0, 0.05) is 19.5 Å². The maximum Gasteiger partial charge on any atom is 0.289 e. The van der Waals surface area contributed by atoms with E-state index in [0.29, 0.717) is 25.5 Å². The summed E-state index contributed by atoms with van der Waals surface area (Å²) < 4.78 is 13.4. The van der Waals surface area contributed by atoms with Crippen molar-refractivity contribution >= 4 is 5.91 Å². The first-order valence-electron chi connectivity index (χ1n) is 8.01. The average Bonchev–Trinajstić information content (AvgIpc) is 3.20. The van der Waals surface area contributed by atoms with Crippen molar-refractivity contribution in [2.45, 2.75) is 39.8 Å². The second kappa shape index (κ2) is 6.54. The molecule has 1 atom stereocenters. The van der Waals surface area contributed by atoms with Crippen molar-refractivity contribution in [2.24, 2.45) is 0 Å². The van der Waals surface area contributed by atoms with Gasteiger partial charge in [0.2, 0.25) is 0 Å². The van der Waals surface area contributed by atoms with E-state index in [1.54, 1.807) is 11.2 Å². The second-order valence-corrected chi connectivity index (χ2v) is 5.66. The van der Waals surface area contributed by atoms with Crippen LogP contribution in [0.3, 0.4) is 0 Å². The van der Waals surface area contributed by atoms with E-state index in [9.17, 15) is 4.79 Å². The standard InChI is InChI=1S/C16H22N4O3/c1-4-12-11(3)8-13(23-12)16(21)20-6-7-22-14(9-20)15-18-17-10-19(15)5-2/h8,10,14H,4-7,9H2,1-3H3/t14-/m1/s1. The number of nitrogens with zero attached hydrogens (tertiary/aromatic N) is 4. The third kappa shape index (κ3) is 3.01. The van der Waals surface area contributed by atoms with Gasteiger partial charge in [0.15, 0.2) is 11.6 Å². The Morgan fingerprint density at radius 1 is 1.43 bits per heavy atom. The molecule has 1 saturated heterocycles. The molecule has 124 valence electrons. The van der Waals surface area contributed by atoms with Gasteiger partial charge in [0.25, 0.3) is 5.91 Å². The van der Waals surface area contributed by atoms with Crippen LogP contribution in [-0.4, -0.2) is 45.3 Å². The molecular formula is C16H22N4O3. The van der Waals surface area contributed by atoms with E-state index in [0.717, 1.165) is 30.1 Å². The number of amides is 1. The van der Waals surface area contributed by atoms with Gasteiger partial charge in [-0.2, -0.15) is 0 Å². The molecule has 0 N–H and O–H groups in total. The Bertz CT molecular complexity index is 691. The Morgan fingerprint density at radius 2 is 2.26 bits per heavy atom. The van der Waals surface area contributed by atoms with Gasteiger partial charge in [0.1, 0.15) is 18.2 Å². The highest BCUT2D eigenvalue weighted by molar-refractivity contribution is 5.91. The van der Waals surface area contributed by atoms with Crippen molar-refractivity contribution in [3.8, 4) is 0 Å². The van der Waals surface area contributed by atoms with Crippen molar-refractivity contribution in [1.29, 1.82) is 0 Å². The summed E-state index contributed by atoms with van der Waals surface area (Å²) in [6, 6.07) is 1.82. The van der Waals surface area contributed by atoms with Crippen molar-refractivity contribution in [3.05, 3.63) is 35.3 Å². The average molecular weight is 318 g/mol. The molecular weight excluding hydrogens is 296 g/mol. The number of aromatic nitrogens is 3. The lowest BCUT2D eigenvalue weighted by Crippen LogP contribution is -2.42. The van der Waals surface area contributed by atoms with Gasteiger partial charge in [-0.1, -0.05) is 6.92 Å². The van der Waals surface area contributed by atoms with Gasteiger partial charge in [-0.15, -0.1) is 10.2 Å². The molecule has 2 aromatic heterocycles. The molecule has 1 aliphatic heterocycles. The van der Waals surface area contributed by atoms with Crippen LogP contribution >= 0.6 is 0 Å². The largest absolute Gasteiger partial charge is 0.456 e. The van der Waals surface area contributed by atoms with Crippen molar-refractivity contribution < 1.29 is 13.9 Å². The molecule has 1 amide bonds. The number of aryl methyl sites for hydroxylation is 3. The van der Waals surface area contributed by atoms with Crippen LogP contribution in [0.4, 0.5) is 0 Å². The third-order valence-corrected chi connectivity index (χ3v) is 4.18. The number of hydrogen-bond acceptors (Lipinski definition) is 5. The summed E-state index contributed by atoms with van der Waals surface area (Å²) in [4.78, 5) is 14.4. The zero-order valence-corrected chi connectivity index (χ0v) is 13.8. The molecule has 1 fully saturated rings. The SMILES string of the molecule is CCc1oc(C(=O)N2CCO[C@@H](c3nncn3CC)C2)cc1C. The van der Waals surface area contributed by atoms with Gasteiger partial charge >= 0.3 is 0 Å². The van der Waals surface area contributed by atoms with E-state index >= 15 is 0 Å². The minimum absolute atomic E-state index is 0.0938. The molecule has 0 unspecified atom stereocenters. The molecule has 0 bridgehead atoms. The minimum atomic E-state index is -0.253. The van der Waals surface area contributed by atoms with E-state index in [-0.39, 0.29) is 12.0 Å². The zero-order chi connectivity index (χ0) is 16.4. The number of hydrogen-bond donors (Lipinski definition) is 0. The number of carbonyl (C=O) groups is 1. The Labute approximate surface area is 135 Å². The first kappa shape index (κ1) is 15.7. The fourth-order valence-corrected chi connectivity index (χ4v) is 2.88. The number of ether oxygens (including phenoxy) is 1. The number of furan rings is 1. The smallest absolute Gasteiger partial charge is 0.289 e. The molecule has 23 heavy (non-hydrogen) atoms. The summed E-state index contributed by atoms with van der Waals surface area (Å²) in [6.07, 6.45) is 2.21. The van der Waals surface area contributed by atoms with Gasteiger partial charge in [-0.05, 0) is 25.5 Å². The lowest BCUT2D eigenvalue weighted by molar-refractivity contribution is -0.0293. The molecule has 3 rings (SSSR count). The van der Waals surface area contributed by atoms with Crippen LogP contribution in [0, 0.1) is 6.92 Å². The van der Waals surface area contributed by atoms with Crippen LogP contribution in [0.5, 0.6) is 0 Å². The van der Waals surface area contributed by atoms with Crippen LogP contribution in [0.25, 0.3) is 0 Å². The van der Waals surface area contributed by atoms with E-state index in [4.69, 9.17) is 9.15 Å². The lowest BCUT2D eigenvalue weighted by atomic mass is 10.2. The molecule has 7 heteroatoms. The summed E-state index contributed by atoms with van der Waals surface area (Å²) >= 11 is 0. The van der Waals surface area contributed by atoms with E-state index in [1.165, 1.54) is 0 Å². The molecule has 0 aromatic carbocycles. The van der Waals surface area contributed by atoms with Crippen LogP contribution in [-0.2, 0) is 17.7 Å². The van der Waals surface area contributed by atoms with Gasteiger partial charge in [-0.25, -0.2) is 0 Å². The van der Waals surface area contributed by atoms with E-state index in [2.05, 4.69) is 10.2 Å². The first-order valence-corrected chi connectivity index (χ1v) is 8.01. The van der Waals surface area contributed by atoms with Crippen molar-refractivity contribution in [1.82, 2.24) is 19.7 Å². The number of morpholine rings is 1. The highest BCUT2D eigenvalue weighted by Crippen LogP contribution is 2.23. The number of rotatable bonds is 4. The Morgan fingerprint density at radius 3 is 2.96 bits per heavy atom. The van der Waals surface area contributed by atoms with Gasteiger partial charge in [0.05, 0.1) is 13.2 Å². The van der Waals surface area contributed by atoms with Crippen LogP contribution in [0.1, 0.15) is 47.7 Å². The monoisotopic (exact) mass is 318 g/mol. The molecule has 2 aromatic rings. The molecule has 0 aliphatic carbocycles. The second-order valence-electron chi connectivity index (χ2n) is 5.66. The van der Waals surface area contributed by atoms with Crippen molar-refractivity contribution in [3.63, 3.8) is 0 Å². The highest BCUT2D eigenvalue weighted by atomic mass is 16.5. The van der Waals surface area contributed by atoms with Crippen LogP contribution in [0.15, 0.2) is 16.8 Å². The Balaban J connectivity index is 1.76. The fourth-order valence-electron chi connectivity index (χ4n) is 2.88. The highest BCUT2D eigenvalue weighted by Gasteiger charge is 2.30. The quantitative estimate of drug-likeness (QED) is 0.862. The zero-order valence-electron chi connectivity index (χ0n) is 13.8. The predicted molar refractivity (Wildman–Crippen MR) is 83.1 cm³/mol.